The summed E-state index contributed by atoms with van der Waals surface area (Å²) in [7, 11) is 0. The van der Waals surface area contributed by atoms with Crippen LogP contribution >= 0.6 is 11.8 Å². The van der Waals surface area contributed by atoms with Gasteiger partial charge in [-0.05, 0) is 36.7 Å². The first-order valence-corrected chi connectivity index (χ1v) is 6.42. The number of likely N-dealkylation sites (tertiary alicyclic amines) is 1. The molecule has 2 nitrogen and oxygen atoms in total. The van der Waals surface area contributed by atoms with Gasteiger partial charge in [0, 0.05) is 19.5 Å². The summed E-state index contributed by atoms with van der Waals surface area (Å²) in [5, 5.41) is 7.83. The van der Waals surface area contributed by atoms with E-state index < -0.39 is 0 Å². The van der Waals surface area contributed by atoms with Crippen LogP contribution in [0.15, 0.2) is 0 Å². The molecule has 2 aliphatic heterocycles. The fraction of sp³-hybridized carbons (Fsp3) is 0.900. The molecule has 0 bridgehead atoms. The summed E-state index contributed by atoms with van der Waals surface area (Å²) in [6.07, 6.45) is 4.91. The van der Waals surface area contributed by atoms with E-state index in [4.69, 9.17) is 5.41 Å². The number of amidine groups is 1. The molecule has 74 valence electrons. The van der Waals surface area contributed by atoms with Crippen molar-refractivity contribution in [2.45, 2.75) is 25.7 Å². The average Bonchev–Trinajstić information content (AvgIpc) is 2.61. The molecule has 0 aliphatic carbocycles. The van der Waals surface area contributed by atoms with Crippen LogP contribution in [-0.2, 0) is 0 Å². The SMILES string of the molecule is N=C1CCCCN1CC1CCSC1. The van der Waals surface area contributed by atoms with Gasteiger partial charge in [-0.2, -0.15) is 11.8 Å². The number of piperidine rings is 1. The Bertz CT molecular complexity index is 187. The van der Waals surface area contributed by atoms with Gasteiger partial charge in [0.25, 0.3) is 0 Å². The maximum absolute atomic E-state index is 7.83. The Morgan fingerprint density at radius 1 is 1.46 bits per heavy atom. The minimum absolute atomic E-state index is 0.864. The minimum Gasteiger partial charge on any atom is -0.360 e. The van der Waals surface area contributed by atoms with Gasteiger partial charge in [-0.15, -0.1) is 0 Å². The second-order valence-electron chi connectivity index (χ2n) is 4.08. The molecule has 0 aromatic heterocycles. The second-order valence-corrected chi connectivity index (χ2v) is 5.23. The Hall–Kier alpha value is -0.180. The Morgan fingerprint density at radius 3 is 3.08 bits per heavy atom. The third-order valence-electron chi connectivity index (χ3n) is 2.98. The van der Waals surface area contributed by atoms with Crippen LogP contribution in [0, 0.1) is 11.3 Å². The van der Waals surface area contributed by atoms with Gasteiger partial charge in [0.15, 0.2) is 0 Å². The lowest BCUT2D eigenvalue weighted by Gasteiger charge is -2.31. The van der Waals surface area contributed by atoms with Crippen molar-refractivity contribution in [3.63, 3.8) is 0 Å². The predicted molar refractivity (Wildman–Crippen MR) is 58.6 cm³/mol. The van der Waals surface area contributed by atoms with Gasteiger partial charge in [0.2, 0.25) is 0 Å². The molecule has 0 aromatic rings. The van der Waals surface area contributed by atoms with Crippen molar-refractivity contribution < 1.29 is 0 Å². The topological polar surface area (TPSA) is 27.1 Å². The highest BCUT2D eigenvalue weighted by molar-refractivity contribution is 7.99. The van der Waals surface area contributed by atoms with E-state index in [9.17, 15) is 0 Å². The predicted octanol–water partition coefficient (Wildman–Crippen LogP) is 2.20. The van der Waals surface area contributed by atoms with Crippen LogP contribution in [0.1, 0.15) is 25.7 Å². The van der Waals surface area contributed by atoms with Crippen LogP contribution in [0.3, 0.4) is 0 Å². The molecular formula is C10H18N2S. The molecule has 1 unspecified atom stereocenters. The van der Waals surface area contributed by atoms with E-state index in [1.165, 1.54) is 30.8 Å². The number of thioether (sulfide) groups is 1. The Kier molecular flexibility index (Phi) is 3.14. The van der Waals surface area contributed by atoms with E-state index in [0.717, 1.165) is 31.3 Å². The van der Waals surface area contributed by atoms with Crippen molar-refractivity contribution in [2.24, 2.45) is 5.92 Å². The zero-order valence-corrected chi connectivity index (χ0v) is 8.91. The van der Waals surface area contributed by atoms with Gasteiger partial charge in [0.1, 0.15) is 0 Å². The first-order chi connectivity index (χ1) is 6.36. The van der Waals surface area contributed by atoms with Gasteiger partial charge in [0.05, 0.1) is 5.84 Å². The molecule has 1 N–H and O–H groups in total. The van der Waals surface area contributed by atoms with Crippen LogP contribution in [0.5, 0.6) is 0 Å². The molecule has 0 saturated carbocycles. The highest BCUT2D eigenvalue weighted by Gasteiger charge is 2.21. The normalized spacial score (nSPS) is 29.7. The number of rotatable bonds is 2. The van der Waals surface area contributed by atoms with Gasteiger partial charge in [-0.1, -0.05) is 0 Å². The molecular weight excluding hydrogens is 180 g/mol. The molecule has 13 heavy (non-hydrogen) atoms. The fourth-order valence-corrected chi connectivity index (χ4v) is 3.40. The highest BCUT2D eigenvalue weighted by atomic mass is 32.2. The molecule has 2 heterocycles. The maximum Gasteiger partial charge on any atom is 0.0957 e. The molecule has 3 heteroatoms. The van der Waals surface area contributed by atoms with Gasteiger partial charge in [-0.25, -0.2) is 0 Å². The van der Waals surface area contributed by atoms with Crippen LogP contribution in [0.2, 0.25) is 0 Å². The van der Waals surface area contributed by atoms with Crippen LogP contribution < -0.4 is 0 Å². The minimum atomic E-state index is 0.864. The molecule has 0 amide bonds. The van der Waals surface area contributed by atoms with E-state index in [0.29, 0.717) is 0 Å². The summed E-state index contributed by atoms with van der Waals surface area (Å²) < 4.78 is 0. The fourth-order valence-electron chi connectivity index (χ4n) is 2.13. The molecule has 2 fully saturated rings. The molecule has 0 radical (unpaired) electrons. The third-order valence-corrected chi connectivity index (χ3v) is 4.21. The molecule has 0 aromatic carbocycles. The first kappa shape index (κ1) is 9.38. The number of hydrogen-bond donors (Lipinski definition) is 1. The second kappa shape index (κ2) is 4.36. The molecule has 2 rings (SSSR count). The lowest BCUT2D eigenvalue weighted by molar-refractivity contribution is 0.321. The monoisotopic (exact) mass is 198 g/mol. The van der Waals surface area contributed by atoms with Crippen molar-refractivity contribution in [3.05, 3.63) is 0 Å². The number of hydrogen-bond acceptors (Lipinski definition) is 2. The molecule has 2 aliphatic rings. The zero-order valence-electron chi connectivity index (χ0n) is 8.09. The lowest BCUT2D eigenvalue weighted by atomic mass is 10.1. The van der Waals surface area contributed by atoms with Gasteiger partial charge in [-0.3, -0.25) is 5.41 Å². The zero-order chi connectivity index (χ0) is 9.10. The quantitative estimate of drug-likeness (QED) is 0.736. The smallest absolute Gasteiger partial charge is 0.0957 e. The molecule has 2 saturated heterocycles. The summed E-state index contributed by atoms with van der Waals surface area (Å²) in [5.74, 6) is 4.42. The largest absolute Gasteiger partial charge is 0.360 e. The summed E-state index contributed by atoms with van der Waals surface area (Å²) in [5.41, 5.74) is 0. The third kappa shape index (κ3) is 2.39. The first-order valence-electron chi connectivity index (χ1n) is 5.26. The lowest BCUT2D eigenvalue weighted by Crippen LogP contribution is -2.38. The van der Waals surface area contributed by atoms with Crippen molar-refractivity contribution in [2.75, 3.05) is 24.6 Å². The summed E-state index contributed by atoms with van der Waals surface area (Å²) in [4.78, 5) is 2.31. The molecule has 0 spiro atoms. The number of nitrogens with one attached hydrogen (secondary N) is 1. The molecule has 1 atom stereocenters. The van der Waals surface area contributed by atoms with Crippen LogP contribution in [-0.4, -0.2) is 35.3 Å². The average molecular weight is 198 g/mol. The van der Waals surface area contributed by atoms with E-state index >= 15 is 0 Å². The Morgan fingerprint density at radius 2 is 2.38 bits per heavy atom. The van der Waals surface area contributed by atoms with Crippen molar-refractivity contribution in [1.82, 2.24) is 4.90 Å². The van der Waals surface area contributed by atoms with Crippen molar-refractivity contribution in [1.29, 1.82) is 5.41 Å². The Labute approximate surface area is 84.6 Å². The maximum atomic E-state index is 7.83. The van der Waals surface area contributed by atoms with Crippen molar-refractivity contribution in [3.8, 4) is 0 Å². The van der Waals surface area contributed by atoms with E-state index in [-0.39, 0.29) is 0 Å². The van der Waals surface area contributed by atoms with Gasteiger partial charge >= 0.3 is 0 Å². The summed E-state index contributed by atoms with van der Waals surface area (Å²) in [6, 6.07) is 0. The van der Waals surface area contributed by atoms with Gasteiger partial charge < -0.3 is 4.90 Å². The van der Waals surface area contributed by atoms with E-state index in [1.54, 1.807) is 0 Å². The summed E-state index contributed by atoms with van der Waals surface area (Å²) >= 11 is 2.07. The van der Waals surface area contributed by atoms with E-state index in [2.05, 4.69) is 16.7 Å². The summed E-state index contributed by atoms with van der Waals surface area (Å²) in [6.45, 7) is 2.30. The standard InChI is InChI=1S/C10H18N2S/c11-10-3-1-2-5-12(10)7-9-4-6-13-8-9/h9,11H,1-8H2. The van der Waals surface area contributed by atoms with Crippen molar-refractivity contribution >= 4 is 17.6 Å². The number of nitrogens with zero attached hydrogens (tertiary/aromatic N) is 1. The highest BCUT2D eigenvalue weighted by Crippen LogP contribution is 2.25. The van der Waals surface area contributed by atoms with Crippen LogP contribution in [0.25, 0.3) is 0 Å². The van der Waals surface area contributed by atoms with E-state index in [1.807, 2.05) is 0 Å². The van der Waals surface area contributed by atoms with Crippen LogP contribution in [0.4, 0.5) is 0 Å². The Balaban J connectivity index is 1.81.